The average Bonchev–Trinajstić information content (AvgIpc) is 2.95. The van der Waals surface area contributed by atoms with Gasteiger partial charge in [-0.3, -0.25) is 4.90 Å². The van der Waals surface area contributed by atoms with Crippen molar-refractivity contribution in [2.75, 3.05) is 13.1 Å². The van der Waals surface area contributed by atoms with Gasteiger partial charge in [0.15, 0.2) is 0 Å². The van der Waals surface area contributed by atoms with E-state index in [-0.39, 0.29) is 0 Å². The molecule has 0 aromatic rings. The van der Waals surface area contributed by atoms with Gasteiger partial charge in [-0.05, 0) is 44.9 Å². The number of piperazine rings is 1. The van der Waals surface area contributed by atoms with Crippen LogP contribution in [0.15, 0.2) is 0 Å². The van der Waals surface area contributed by atoms with E-state index in [4.69, 9.17) is 0 Å². The maximum Gasteiger partial charge on any atom is 0.0309 e. The summed E-state index contributed by atoms with van der Waals surface area (Å²) in [4.78, 5) is 2.91. The molecule has 0 radical (unpaired) electrons. The zero-order chi connectivity index (χ0) is 14.0. The van der Waals surface area contributed by atoms with E-state index in [0.717, 1.165) is 18.0 Å². The fourth-order valence-electron chi connectivity index (χ4n) is 5.02. The van der Waals surface area contributed by atoms with Gasteiger partial charge in [0.2, 0.25) is 0 Å². The standard InChI is InChI=1S/C18H34N2/c1-3-15(2)20-14-18(11-7-8-12-18)19-13-17(20)16-9-5-4-6-10-16/h15-17,19H,3-14H2,1-2H3. The van der Waals surface area contributed by atoms with Crippen molar-refractivity contribution in [1.82, 2.24) is 10.2 Å². The Morgan fingerprint density at radius 1 is 1.10 bits per heavy atom. The van der Waals surface area contributed by atoms with Gasteiger partial charge in [0, 0.05) is 30.7 Å². The topological polar surface area (TPSA) is 15.3 Å². The predicted octanol–water partition coefficient (Wildman–Crippen LogP) is 3.95. The Hall–Kier alpha value is -0.0800. The molecule has 1 N–H and O–H groups in total. The van der Waals surface area contributed by atoms with Gasteiger partial charge in [0.05, 0.1) is 0 Å². The summed E-state index contributed by atoms with van der Waals surface area (Å²) in [7, 11) is 0. The van der Waals surface area contributed by atoms with Crippen molar-refractivity contribution >= 4 is 0 Å². The van der Waals surface area contributed by atoms with E-state index in [1.54, 1.807) is 0 Å². The summed E-state index contributed by atoms with van der Waals surface area (Å²) < 4.78 is 0. The second kappa shape index (κ2) is 6.36. The molecule has 0 bridgehead atoms. The van der Waals surface area contributed by atoms with Crippen molar-refractivity contribution < 1.29 is 0 Å². The fourth-order valence-corrected chi connectivity index (χ4v) is 5.02. The lowest BCUT2D eigenvalue weighted by atomic mass is 9.79. The van der Waals surface area contributed by atoms with Crippen LogP contribution in [0, 0.1) is 5.92 Å². The molecule has 1 saturated heterocycles. The van der Waals surface area contributed by atoms with E-state index in [9.17, 15) is 0 Å². The molecule has 0 aromatic carbocycles. The zero-order valence-corrected chi connectivity index (χ0v) is 13.7. The first-order chi connectivity index (χ1) is 9.74. The summed E-state index contributed by atoms with van der Waals surface area (Å²) in [5, 5.41) is 4.01. The summed E-state index contributed by atoms with van der Waals surface area (Å²) in [6.45, 7) is 7.41. The molecule has 2 nitrogen and oxygen atoms in total. The van der Waals surface area contributed by atoms with Crippen molar-refractivity contribution in [3.8, 4) is 0 Å². The maximum absolute atomic E-state index is 4.01. The molecule has 2 aliphatic carbocycles. The third kappa shape index (κ3) is 2.92. The molecule has 1 spiro atoms. The van der Waals surface area contributed by atoms with Crippen LogP contribution in [0.3, 0.4) is 0 Å². The minimum atomic E-state index is 0.481. The maximum atomic E-state index is 4.01. The number of nitrogens with one attached hydrogen (secondary N) is 1. The Morgan fingerprint density at radius 2 is 1.80 bits per heavy atom. The van der Waals surface area contributed by atoms with E-state index in [0.29, 0.717) is 5.54 Å². The Morgan fingerprint density at radius 3 is 2.45 bits per heavy atom. The molecule has 3 rings (SSSR count). The SMILES string of the molecule is CCC(C)N1CC2(CCCC2)NCC1C1CCCCC1. The van der Waals surface area contributed by atoms with E-state index in [1.165, 1.54) is 77.3 Å². The van der Waals surface area contributed by atoms with Crippen molar-refractivity contribution in [1.29, 1.82) is 0 Å². The van der Waals surface area contributed by atoms with Crippen LogP contribution < -0.4 is 5.32 Å². The van der Waals surface area contributed by atoms with Crippen LogP contribution >= 0.6 is 0 Å². The van der Waals surface area contributed by atoms with Gasteiger partial charge < -0.3 is 5.32 Å². The van der Waals surface area contributed by atoms with Crippen LogP contribution in [-0.4, -0.2) is 35.6 Å². The molecule has 1 heterocycles. The predicted molar refractivity (Wildman–Crippen MR) is 86.0 cm³/mol. The first kappa shape index (κ1) is 14.8. The normalized spacial score (nSPS) is 33.6. The van der Waals surface area contributed by atoms with Gasteiger partial charge in [-0.25, -0.2) is 0 Å². The van der Waals surface area contributed by atoms with Gasteiger partial charge >= 0.3 is 0 Å². The van der Waals surface area contributed by atoms with Gasteiger partial charge in [-0.2, -0.15) is 0 Å². The number of rotatable bonds is 3. The Labute approximate surface area is 125 Å². The lowest BCUT2D eigenvalue weighted by Gasteiger charge is -2.51. The second-order valence-electron chi connectivity index (χ2n) is 7.76. The molecule has 0 amide bonds. The molecule has 1 aliphatic heterocycles. The average molecular weight is 278 g/mol. The summed E-state index contributed by atoms with van der Waals surface area (Å²) in [5.41, 5.74) is 0.481. The largest absolute Gasteiger partial charge is 0.308 e. The van der Waals surface area contributed by atoms with Crippen molar-refractivity contribution in [2.45, 2.75) is 95.7 Å². The lowest BCUT2D eigenvalue weighted by Crippen LogP contribution is -2.66. The van der Waals surface area contributed by atoms with Crippen LogP contribution in [0.25, 0.3) is 0 Å². The van der Waals surface area contributed by atoms with Gasteiger partial charge in [-0.1, -0.05) is 39.0 Å². The fraction of sp³-hybridized carbons (Fsp3) is 1.00. The Bertz CT molecular complexity index is 303. The molecule has 2 saturated carbocycles. The quantitative estimate of drug-likeness (QED) is 0.841. The molecule has 0 aromatic heterocycles. The van der Waals surface area contributed by atoms with Crippen molar-refractivity contribution in [3.63, 3.8) is 0 Å². The van der Waals surface area contributed by atoms with E-state index < -0.39 is 0 Å². The molecular formula is C18H34N2. The lowest BCUT2D eigenvalue weighted by molar-refractivity contribution is 0.0101. The van der Waals surface area contributed by atoms with E-state index in [1.807, 2.05) is 0 Å². The minimum Gasteiger partial charge on any atom is -0.308 e. The minimum absolute atomic E-state index is 0.481. The smallest absolute Gasteiger partial charge is 0.0309 e. The number of nitrogens with zero attached hydrogens (tertiary/aromatic N) is 1. The van der Waals surface area contributed by atoms with Crippen LogP contribution in [0.2, 0.25) is 0 Å². The highest BCUT2D eigenvalue weighted by Gasteiger charge is 2.44. The Kier molecular flexibility index (Phi) is 4.72. The molecule has 2 atom stereocenters. The molecule has 116 valence electrons. The summed E-state index contributed by atoms with van der Waals surface area (Å²) in [6, 6.07) is 1.58. The molecule has 20 heavy (non-hydrogen) atoms. The third-order valence-corrected chi connectivity index (χ3v) is 6.51. The second-order valence-corrected chi connectivity index (χ2v) is 7.76. The van der Waals surface area contributed by atoms with Gasteiger partial charge in [0.25, 0.3) is 0 Å². The van der Waals surface area contributed by atoms with E-state index >= 15 is 0 Å². The van der Waals surface area contributed by atoms with Crippen LogP contribution in [-0.2, 0) is 0 Å². The Balaban J connectivity index is 1.72. The van der Waals surface area contributed by atoms with Crippen LogP contribution in [0.5, 0.6) is 0 Å². The molecule has 3 aliphatic rings. The summed E-state index contributed by atoms with van der Waals surface area (Å²) >= 11 is 0. The molecule has 3 fully saturated rings. The molecule has 2 heteroatoms. The van der Waals surface area contributed by atoms with Crippen LogP contribution in [0.4, 0.5) is 0 Å². The third-order valence-electron chi connectivity index (χ3n) is 6.51. The first-order valence-corrected chi connectivity index (χ1v) is 9.25. The van der Waals surface area contributed by atoms with Gasteiger partial charge in [-0.15, -0.1) is 0 Å². The van der Waals surface area contributed by atoms with Crippen molar-refractivity contribution in [2.24, 2.45) is 5.92 Å². The number of hydrogen-bond acceptors (Lipinski definition) is 2. The molecule has 2 unspecified atom stereocenters. The van der Waals surface area contributed by atoms with Gasteiger partial charge in [0.1, 0.15) is 0 Å². The van der Waals surface area contributed by atoms with Crippen molar-refractivity contribution in [3.05, 3.63) is 0 Å². The highest BCUT2D eigenvalue weighted by Crippen LogP contribution is 2.38. The van der Waals surface area contributed by atoms with E-state index in [2.05, 4.69) is 24.1 Å². The molecular weight excluding hydrogens is 244 g/mol. The summed E-state index contributed by atoms with van der Waals surface area (Å²) in [5.74, 6) is 0.962. The number of hydrogen-bond donors (Lipinski definition) is 1. The first-order valence-electron chi connectivity index (χ1n) is 9.25. The monoisotopic (exact) mass is 278 g/mol. The highest BCUT2D eigenvalue weighted by atomic mass is 15.3. The highest BCUT2D eigenvalue weighted by molar-refractivity contribution is 5.03. The summed E-state index contributed by atoms with van der Waals surface area (Å²) in [6.07, 6.45) is 14.4. The zero-order valence-electron chi connectivity index (χ0n) is 13.7. The van der Waals surface area contributed by atoms with Crippen LogP contribution in [0.1, 0.15) is 78.1 Å².